The molecule has 0 radical (unpaired) electrons. The number of allylic oxidation sites excluding steroid dienone is 3. The van der Waals surface area contributed by atoms with Crippen LogP contribution in [-0.4, -0.2) is 12.3 Å². The summed E-state index contributed by atoms with van der Waals surface area (Å²) in [7, 11) is 0. The number of aldehydes is 1. The van der Waals surface area contributed by atoms with E-state index in [0.29, 0.717) is 6.42 Å². The zero-order valence-electron chi connectivity index (χ0n) is 9.20. The first-order chi connectivity index (χ1) is 6.72. The van der Waals surface area contributed by atoms with E-state index in [9.17, 15) is 4.79 Å². The summed E-state index contributed by atoms with van der Waals surface area (Å²) in [6.07, 6.45) is 10.4. The molecule has 2 N–H and O–H groups in total. The molecule has 0 bridgehead atoms. The molecule has 0 amide bonds. The molecule has 0 aliphatic carbocycles. The third-order valence-electron chi connectivity index (χ3n) is 2.15. The van der Waals surface area contributed by atoms with E-state index < -0.39 is 0 Å². The van der Waals surface area contributed by atoms with Crippen LogP contribution >= 0.6 is 0 Å². The topological polar surface area (TPSA) is 43.1 Å². The van der Waals surface area contributed by atoms with Crippen LogP contribution in [0.25, 0.3) is 0 Å². The van der Waals surface area contributed by atoms with Gasteiger partial charge in [0.25, 0.3) is 0 Å². The van der Waals surface area contributed by atoms with Crippen LogP contribution < -0.4 is 5.73 Å². The van der Waals surface area contributed by atoms with E-state index in [1.807, 2.05) is 12.2 Å². The number of nitrogens with two attached hydrogens (primary N) is 1. The molecule has 0 saturated carbocycles. The van der Waals surface area contributed by atoms with Gasteiger partial charge in [-0.25, -0.2) is 0 Å². The molecular formula is C12H21NO. The Bertz CT molecular complexity index is 206. The number of carbonyl (C=O) groups is 1. The van der Waals surface area contributed by atoms with Crippen molar-refractivity contribution in [2.45, 2.75) is 45.6 Å². The molecule has 1 unspecified atom stereocenters. The minimum absolute atomic E-state index is 0.163. The summed E-state index contributed by atoms with van der Waals surface area (Å²) in [5, 5.41) is 0. The second-order valence-electron chi connectivity index (χ2n) is 3.41. The van der Waals surface area contributed by atoms with Gasteiger partial charge in [-0.1, -0.05) is 30.7 Å². The highest BCUT2D eigenvalue weighted by Gasteiger charge is 2.01. The lowest BCUT2D eigenvalue weighted by atomic mass is 10.0. The van der Waals surface area contributed by atoms with Crippen LogP contribution in [0.5, 0.6) is 0 Å². The molecule has 0 fully saturated rings. The Hall–Kier alpha value is -0.890. The van der Waals surface area contributed by atoms with E-state index in [0.717, 1.165) is 25.5 Å². The lowest BCUT2D eigenvalue weighted by Crippen LogP contribution is -2.20. The fraction of sp³-hybridized carbons (Fsp3) is 0.583. The average molecular weight is 195 g/mol. The Balaban J connectivity index is 3.68. The molecule has 0 aromatic carbocycles. The van der Waals surface area contributed by atoms with Gasteiger partial charge >= 0.3 is 0 Å². The van der Waals surface area contributed by atoms with E-state index >= 15 is 0 Å². The SMILES string of the molecule is CC/C=C(\C)C(N)CC/C=C/CC=O. The Morgan fingerprint density at radius 2 is 2.14 bits per heavy atom. The molecule has 0 spiro atoms. The second kappa shape index (κ2) is 8.70. The summed E-state index contributed by atoms with van der Waals surface area (Å²) in [5.74, 6) is 0. The molecule has 0 aromatic heterocycles. The highest BCUT2D eigenvalue weighted by Crippen LogP contribution is 2.07. The number of rotatable bonds is 7. The summed E-state index contributed by atoms with van der Waals surface area (Å²) >= 11 is 0. The van der Waals surface area contributed by atoms with Gasteiger partial charge in [-0.15, -0.1) is 0 Å². The van der Waals surface area contributed by atoms with Crippen LogP contribution in [0.15, 0.2) is 23.8 Å². The predicted molar refractivity (Wildman–Crippen MR) is 61.1 cm³/mol. The minimum Gasteiger partial charge on any atom is -0.324 e. The molecule has 0 heterocycles. The van der Waals surface area contributed by atoms with E-state index in [-0.39, 0.29) is 6.04 Å². The monoisotopic (exact) mass is 195 g/mol. The highest BCUT2D eigenvalue weighted by atomic mass is 16.1. The van der Waals surface area contributed by atoms with E-state index in [4.69, 9.17) is 5.73 Å². The van der Waals surface area contributed by atoms with Crippen LogP contribution in [-0.2, 0) is 4.79 Å². The lowest BCUT2D eigenvalue weighted by molar-refractivity contribution is -0.107. The van der Waals surface area contributed by atoms with Crippen LogP contribution in [0.4, 0.5) is 0 Å². The van der Waals surface area contributed by atoms with Gasteiger partial charge in [0, 0.05) is 12.5 Å². The molecule has 0 saturated heterocycles. The Morgan fingerprint density at radius 1 is 1.43 bits per heavy atom. The summed E-state index contributed by atoms with van der Waals surface area (Å²) in [6.45, 7) is 4.18. The number of hydrogen-bond donors (Lipinski definition) is 1. The van der Waals surface area contributed by atoms with Crippen molar-refractivity contribution in [3.8, 4) is 0 Å². The Morgan fingerprint density at radius 3 is 2.71 bits per heavy atom. The number of hydrogen-bond acceptors (Lipinski definition) is 2. The molecule has 0 aromatic rings. The Kier molecular flexibility index (Phi) is 8.14. The van der Waals surface area contributed by atoms with Crippen molar-refractivity contribution in [2.24, 2.45) is 5.73 Å². The molecule has 80 valence electrons. The third-order valence-corrected chi connectivity index (χ3v) is 2.15. The fourth-order valence-electron chi connectivity index (χ4n) is 1.25. The van der Waals surface area contributed by atoms with Gasteiger partial charge in [0.15, 0.2) is 0 Å². The predicted octanol–water partition coefficient (Wildman–Crippen LogP) is 2.60. The molecule has 14 heavy (non-hydrogen) atoms. The van der Waals surface area contributed by atoms with Gasteiger partial charge in [-0.05, 0) is 26.2 Å². The van der Waals surface area contributed by atoms with Gasteiger partial charge in [-0.3, -0.25) is 0 Å². The summed E-state index contributed by atoms with van der Waals surface area (Å²) in [5.41, 5.74) is 7.21. The first kappa shape index (κ1) is 13.1. The normalized spacial score (nSPS) is 14.6. The largest absolute Gasteiger partial charge is 0.324 e. The molecule has 2 heteroatoms. The van der Waals surface area contributed by atoms with Crippen molar-refractivity contribution in [1.82, 2.24) is 0 Å². The smallest absolute Gasteiger partial charge is 0.123 e. The zero-order chi connectivity index (χ0) is 10.8. The average Bonchev–Trinajstić information content (AvgIpc) is 2.17. The summed E-state index contributed by atoms with van der Waals surface area (Å²) < 4.78 is 0. The molecule has 0 aliphatic heterocycles. The fourth-order valence-corrected chi connectivity index (χ4v) is 1.25. The van der Waals surface area contributed by atoms with Gasteiger partial charge in [0.2, 0.25) is 0 Å². The first-order valence-electron chi connectivity index (χ1n) is 5.23. The lowest BCUT2D eigenvalue weighted by Gasteiger charge is -2.10. The highest BCUT2D eigenvalue weighted by molar-refractivity contribution is 5.51. The molecule has 0 aliphatic rings. The summed E-state index contributed by atoms with van der Waals surface area (Å²) in [6, 6.07) is 0.163. The Labute approximate surface area is 86.9 Å². The number of carbonyl (C=O) groups excluding carboxylic acids is 1. The van der Waals surface area contributed by atoms with Crippen LogP contribution in [0, 0.1) is 0 Å². The maximum atomic E-state index is 10.0. The van der Waals surface area contributed by atoms with Crippen LogP contribution in [0.3, 0.4) is 0 Å². The van der Waals surface area contributed by atoms with Crippen molar-refractivity contribution in [3.05, 3.63) is 23.8 Å². The van der Waals surface area contributed by atoms with Crippen molar-refractivity contribution in [1.29, 1.82) is 0 Å². The minimum atomic E-state index is 0.163. The van der Waals surface area contributed by atoms with Crippen molar-refractivity contribution < 1.29 is 4.79 Å². The third kappa shape index (κ3) is 6.61. The van der Waals surface area contributed by atoms with E-state index in [1.54, 1.807) is 0 Å². The van der Waals surface area contributed by atoms with Crippen molar-refractivity contribution >= 4 is 6.29 Å². The van der Waals surface area contributed by atoms with E-state index in [2.05, 4.69) is 19.9 Å². The quantitative estimate of drug-likeness (QED) is 0.501. The summed E-state index contributed by atoms with van der Waals surface area (Å²) in [4.78, 5) is 10.0. The molecular weight excluding hydrogens is 174 g/mol. The standard InChI is InChI=1S/C12H21NO/c1-3-8-11(2)12(13)9-6-4-5-7-10-14/h4-5,8,10,12H,3,6-7,9,13H2,1-2H3/b5-4+,11-8+. The zero-order valence-corrected chi connectivity index (χ0v) is 9.20. The molecule has 1 atom stereocenters. The van der Waals surface area contributed by atoms with Gasteiger partial charge in [-0.2, -0.15) is 0 Å². The maximum absolute atomic E-state index is 10.0. The second-order valence-corrected chi connectivity index (χ2v) is 3.41. The van der Waals surface area contributed by atoms with Gasteiger partial charge in [0.05, 0.1) is 0 Å². The molecule has 0 rings (SSSR count). The first-order valence-corrected chi connectivity index (χ1v) is 5.23. The van der Waals surface area contributed by atoms with E-state index in [1.165, 1.54) is 5.57 Å². The van der Waals surface area contributed by atoms with Crippen LogP contribution in [0.2, 0.25) is 0 Å². The molecule has 2 nitrogen and oxygen atoms in total. The van der Waals surface area contributed by atoms with Crippen molar-refractivity contribution in [3.63, 3.8) is 0 Å². The van der Waals surface area contributed by atoms with Crippen LogP contribution in [0.1, 0.15) is 39.5 Å². The van der Waals surface area contributed by atoms with Gasteiger partial charge < -0.3 is 10.5 Å². The van der Waals surface area contributed by atoms with Gasteiger partial charge in [0.1, 0.15) is 6.29 Å². The maximum Gasteiger partial charge on any atom is 0.123 e. The van der Waals surface area contributed by atoms with Crippen molar-refractivity contribution in [2.75, 3.05) is 0 Å².